The first kappa shape index (κ1) is 15.4. The Morgan fingerprint density at radius 1 is 1.30 bits per heavy atom. The second-order valence-electron chi connectivity index (χ2n) is 7.33. The van der Waals surface area contributed by atoms with Gasteiger partial charge in [-0.3, -0.25) is 4.40 Å². The smallest absolute Gasteiger partial charge is 0.211 e. The standard InChI is InChI=1S/C16H22BrN5O/c1-15(2)10-23-16(13(15)18)3-6-21(7-4-16)14-20-9-11(17)12-19-5-8-22(12)14/h5,8-9,13H,3-4,6-7,10,18H2,1-2H3/t13-/m0/s1. The zero-order valence-electron chi connectivity index (χ0n) is 13.5. The van der Waals surface area contributed by atoms with Crippen LogP contribution in [0.15, 0.2) is 23.1 Å². The van der Waals surface area contributed by atoms with E-state index in [1.165, 1.54) is 0 Å². The van der Waals surface area contributed by atoms with Gasteiger partial charge < -0.3 is 15.4 Å². The Morgan fingerprint density at radius 3 is 2.70 bits per heavy atom. The van der Waals surface area contributed by atoms with E-state index in [0.717, 1.165) is 48.6 Å². The number of rotatable bonds is 1. The lowest BCUT2D eigenvalue weighted by atomic mass is 9.75. The highest BCUT2D eigenvalue weighted by molar-refractivity contribution is 9.10. The van der Waals surface area contributed by atoms with Crippen molar-refractivity contribution in [2.45, 2.75) is 38.3 Å². The molecule has 2 aromatic heterocycles. The Morgan fingerprint density at radius 2 is 2.04 bits per heavy atom. The number of imidazole rings is 1. The number of nitrogens with two attached hydrogens (primary N) is 1. The van der Waals surface area contributed by atoms with E-state index in [-0.39, 0.29) is 17.1 Å². The van der Waals surface area contributed by atoms with Gasteiger partial charge in [-0.1, -0.05) is 13.8 Å². The second kappa shape index (κ2) is 5.16. The van der Waals surface area contributed by atoms with E-state index in [1.54, 1.807) is 6.20 Å². The molecule has 2 fully saturated rings. The molecule has 2 aromatic rings. The van der Waals surface area contributed by atoms with Gasteiger partial charge in [0.1, 0.15) is 0 Å². The molecule has 1 spiro atoms. The minimum Gasteiger partial charge on any atom is -0.373 e. The molecular weight excluding hydrogens is 358 g/mol. The third kappa shape index (κ3) is 2.28. The summed E-state index contributed by atoms with van der Waals surface area (Å²) in [6.45, 7) is 6.93. The van der Waals surface area contributed by atoms with Crippen molar-refractivity contribution in [2.24, 2.45) is 11.1 Å². The highest BCUT2D eigenvalue weighted by atomic mass is 79.9. The van der Waals surface area contributed by atoms with E-state index in [1.807, 2.05) is 16.8 Å². The molecule has 0 aliphatic carbocycles. The molecule has 2 N–H and O–H groups in total. The lowest BCUT2D eigenvalue weighted by Gasteiger charge is -2.42. The van der Waals surface area contributed by atoms with Gasteiger partial charge in [-0.05, 0) is 28.8 Å². The summed E-state index contributed by atoms with van der Waals surface area (Å²) in [6.07, 6.45) is 7.45. The van der Waals surface area contributed by atoms with Crippen LogP contribution in [-0.4, -0.2) is 45.7 Å². The summed E-state index contributed by atoms with van der Waals surface area (Å²) in [6, 6.07) is 0.0864. The van der Waals surface area contributed by atoms with Crippen molar-refractivity contribution in [1.82, 2.24) is 14.4 Å². The predicted octanol–water partition coefficient (Wildman–Crippen LogP) is 2.21. The topological polar surface area (TPSA) is 68.7 Å². The van der Waals surface area contributed by atoms with Crippen LogP contribution in [0.5, 0.6) is 0 Å². The maximum Gasteiger partial charge on any atom is 0.211 e. The van der Waals surface area contributed by atoms with E-state index in [4.69, 9.17) is 10.5 Å². The zero-order chi connectivity index (χ0) is 16.2. The fraction of sp³-hybridized carbons (Fsp3) is 0.625. The van der Waals surface area contributed by atoms with E-state index >= 15 is 0 Å². The summed E-state index contributed by atoms with van der Waals surface area (Å²) >= 11 is 3.50. The number of fused-ring (bicyclic) bond motifs is 1. The summed E-state index contributed by atoms with van der Waals surface area (Å²) < 4.78 is 9.12. The summed E-state index contributed by atoms with van der Waals surface area (Å²) in [5.74, 6) is 0.932. The van der Waals surface area contributed by atoms with Crippen LogP contribution in [0.1, 0.15) is 26.7 Å². The molecule has 2 aliphatic heterocycles. The lowest BCUT2D eigenvalue weighted by molar-refractivity contribution is -0.0236. The third-order valence-corrected chi connectivity index (χ3v) is 5.96. The minimum atomic E-state index is -0.177. The van der Waals surface area contributed by atoms with Crippen molar-refractivity contribution in [1.29, 1.82) is 0 Å². The fourth-order valence-corrected chi connectivity index (χ4v) is 4.27. The molecule has 0 aromatic carbocycles. The van der Waals surface area contributed by atoms with Gasteiger partial charge in [0, 0.05) is 43.1 Å². The molecular formula is C16H22BrN5O. The zero-order valence-corrected chi connectivity index (χ0v) is 15.1. The van der Waals surface area contributed by atoms with Gasteiger partial charge in [0.25, 0.3) is 0 Å². The quantitative estimate of drug-likeness (QED) is 0.822. The molecule has 2 aliphatic rings. The van der Waals surface area contributed by atoms with Crippen molar-refractivity contribution in [3.05, 3.63) is 23.1 Å². The number of anilines is 1. The van der Waals surface area contributed by atoms with E-state index in [2.05, 4.69) is 44.6 Å². The Hall–Kier alpha value is -1.18. The molecule has 0 bridgehead atoms. The van der Waals surface area contributed by atoms with Crippen molar-refractivity contribution in [3.8, 4) is 0 Å². The first-order valence-corrected chi connectivity index (χ1v) is 8.84. The maximum absolute atomic E-state index is 6.52. The van der Waals surface area contributed by atoms with Gasteiger partial charge in [-0.25, -0.2) is 9.97 Å². The van der Waals surface area contributed by atoms with Gasteiger partial charge in [0.2, 0.25) is 5.95 Å². The van der Waals surface area contributed by atoms with Crippen LogP contribution >= 0.6 is 15.9 Å². The number of hydrogen-bond acceptors (Lipinski definition) is 5. The molecule has 7 heteroatoms. The summed E-state index contributed by atoms with van der Waals surface area (Å²) in [4.78, 5) is 11.3. The van der Waals surface area contributed by atoms with Crippen molar-refractivity contribution in [3.63, 3.8) is 0 Å². The molecule has 0 unspecified atom stereocenters. The highest BCUT2D eigenvalue weighted by Gasteiger charge is 2.53. The number of piperidine rings is 1. The van der Waals surface area contributed by atoms with Crippen LogP contribution in [-0.2, 0) is 4.74 Å². The normalized spacial score (nSPS) is 26.3. The average Bonchev–Trinajstić information content (AvgIpc) is 3.11. The monoisotopic (exact) mass is 379 g/mol. The van der Waals surface area contributed by atoms with Gasteiger partial charge in [-0.15, -0.1) is 0 Å². The van der Waals surface area contributed by atoms with Gasteiger partial charge in [-0.2, -0.15) is 0 Å². The summed E-state index contributed by atoms with van der Waals surface area (Å²) in [7, 11) is 0. The lowest BCUT2D eigenvalue weighted by Crippen LogP contribution is -2.56. The largest absolute Gasteiger partial charge is 0.373 e. The predicted molar refractivity (Wildman–Crippen MR) is 92.6 cm³/mol. The number of halogens is 1. The highest BCUT2D eigenvalue weighted by Crippen LogP contribution is 2.44. The Bertz CT molecular complexity index is 735. The third-order valence-electron chi connectivity index (χ3n) is 5.40. The Kier molecular flexibility index (Phi) is 3.44. The van der Waals surface area contributed by atoms with Crippen LogP contribution in [0.2, 0.25) is 0 Å². The molecule has 23 heavy (non-hydrogen) atoms. The number of hydrogen-bond donors (Lipinski definition) is 1. The van der Waals surface area contributed by atoms with Crippen molar-refractivity contribution < 1.29 is 4.74 Å². The average molecular weight is 380 g/mol. The molecule has 0 saturated carbocycles. The molecule has 0 radical (unpaired) electrons. The first-order chi connectivity index (χ1) is 10.9. The van der Waals surface area contributed by atoms with Gasteiger partial charge in [0.05, 0.1) is 16.7 Å². The van der Waals surface area contributed by atoms with Gasteiger partial charge >= 0.3 is 0 Å². The molecule has 124 valence electrons. The van der Waals surface area contributed by atoms with Gasteiger partial charge in [0.15, 0.2) is 5.65 Å². The first-order valence-electron chi connectivity index (χ1n) is 8.05. The van der Waals surface area contributed by atoms with Crippen LogP contribution < -0.4 is 10.6 Å². The molecule has 6 nitrogen and oxygen atoms in total. The minimum absolute atomic E-state index is 0.0512. The Labute approximate surface area is 144 Å². The van der Waals surface area contributed by atoms with Crippen LogP contribution in [0.4, 0.5) is 5.95 Å². The number of ether oxygens (including phenoxy) is 1. The number of nitrogens with zero attached hydrogens (tertiary/aromatic N) is 4. The molecule has 0 amide bonds. The van der Waals surface area contributed by atoms with Crippen LogP contribution in [0.3, 0.4) is 0 Å². The van der Waals surface area contributed by atoms with Crippen LogP contribution in [0, 0.1) is 5.41 Å². The van der Waals surface area contributed by atoms with Crippen molar-refractivity contribution >= 4 is 27.5 Å². The maximum atomic E-state index is 6.52. The fourth-order valence-electron chi connectivity index (χ4n) is 3.87. The summed E-state index contributed by atoms with van der Waals surface area (Å²) in [5.41, 5.74) is 7.29. The Balaban J connectivity index is 1.58. The summed E-state index contributed by atoms with van der Waals surface area (Å²) in [5, 5.41) is 0. The SMILES string of the molecule is CC1(C)COC2(CCN(c3ncc(Br)c4nccn34)CC2)[C@H]1N. The van der Waals surface area contributed by atoms with E-state index < -0.39 is 0 Å². The molecule has 4 rings (SSSR count). The van der Waals surface area contributed by atoms with Crippen molar-refractivity contribution in [2.75, 3.05) is 24.6 Å². The van der Waals surface area contributed by atoms with Crippen LogP contribution in [0.25, 0.3) is 5.65 Å². The molecule has 1 atom stereocenters. The van der Waals surface area contributed by atoms with E-state index in [9.17, 15) is 0 Å². The van der Waals surface area contributed by atoms with E-state index in [0.29, 0.717) is 0 Å². The molecule has 4 heterocycles. The number of aromatic nitrogens is 3. The second-order valence-corrected chi connectivity index (χ2v) is 8.19. The molecule has 2 saturated heterocycles.